The second-order valence-electron chi connectivity index (χ2n) is 8.14. The molecule has 0 unspecified atom stereocenters. The molecule has 4 rings (SSSR count). The first-order valence-corrected chi connectivity index (χ1v) is 9.45. The number of nitrogens with one attached hydrogen (secondary N) is 1. The Morgan fingerprint density at radius 3 is 2.44 bits per heavy atom. The first kappa shape index (κ1) is 17.3. The van der Waals surface area contributed by atoms with Gasteiger partial charge in [-0.15, -0.1) is 0 Å². The molecular formula is C19H22BBrFNO2. The van der Waals surface area contributed by atoms with Crippen LogP contribution < -0.4 is 0 Å². The monoisotopic (exact) mass is 405 g/mol. The Balaban J connectivity index is 1.68. The number of aromatic nitrogens is 1. The molecule has 0 atom stereocenters. The van der Waals surface area contributed by atoms with Gasteiger partial charge in [0.05, 0.1) is 16.7 Å². The molecule has 6 heteroatoms. The number of H-pyrrole nitrogens is 1. The van der Waals surface area contributed by atoms with Crippen molar-refractivity contribution in [2.45, 2.75) is 57.2 Å². The zero-order chi connectivity index (χ0) is 18.0. The summed E-state index contributed by atoms with van der Waals surface area (Å²) in [6, 6.07) is 6.09. The minimum absolute atomic E-state index is 0.271. The maximum Gasteiger partial charge on any atom is 0.524 e. The van der Waals surface area contributed by atoms with Gasteiger partial charge in [-0.2, -0.15) is 0 Å². The van der Waals surface area contributed by atoms with Crippen LogP contribution in [0.3, 0.4) is 0 Å². The van der Waals surface area contributed by atoms with Gasteiger partial charge >= 0.3 is 7.12 Å². The Morgan fingerprint density at radius 1 is 1.20 bits per heavy atom. The molecule has 1 saturated carbocycles. The molecule has 1 aromatic carbocycles. The summed E-state index contributed by atoms with van der Waals surface area (Å²) in [7, 11) is -0.931. The van der Waals surface area contributed by atoms with Crippen molar-refractivity contribution >= 4 is 34.0 Å². The zero-order valence-corrected chi connectivity index (χ0v) is 16.5. The van der Waals surface area contributed by atoms with Crippen molar-refractivity contribution in [3.05, 3.63) is 46.2 Å². The maximum absolute atomic E-state index is 15.0. The number of halogens is 2. The Labute approximate surface area is 156 Å². The van der Waals surface area contributed by atoms with Crippen molar-refractivity contribution in [3.63, 3.8) is 0 Å². The quantitative estimate of drug-likeness (QED) is 0.689. The van der Waals surface area contributed by atoms with Crippen molar-refractivity contribution in [1.29, 1.82) is 0 Å². The lowest BCUT2D eigenvalue weighted by atomic mass is 9.83. The number of hydrogen-bond donors (Lipinski definition) is 1. The predicted molar refractivity (Wildman–Crippen MR) is 102 cm³/mol. The molecule has 2 aliphatic rings. The summed E-state index contributed by atoms with van der Waals surface area (Å²) in [5.74, 6) is 0. The summed E-state index contributed by atoms with van der Waals surface area (Å²) < 4.78 is 27.7. The Morgan fingerprint density at radius 2 is 1.84 bits per heavy atom. The first-order chi connectivity index (χ1) is 11.7. The molecule has 0 spiro atoms. The van der Waals surface area contributed by atoms with Gasteiger partial charge in [-0.25, -0.2) is 4.39 Å². The number of aromatic amines is 1. The fourth-order valence-corrected chi connectivity index (χ4v) is 3.92. The number of para-hydroxylation sites is 1. The van der Waals surface area contributed by atoms with Gasteiger partial charge in [0.25, 0.3) is 0 Å². The number of hydrogen-bond acceptors (Lipinski definition) is 2. The van der Waals surface area contributed by atoms with Gasteiger partial charge in [0.2, 0.25) is 0 Å². The minimum atomic E-state index is -0.931. The fourth-order valence-electron chi connectivity index (χ4n) is 3.44. The van der Waals surface area contributed by atoms with Crippen LogP contribution >= 0.6 is 15.9 Å². The van der Waals surface area contributed by atoms with Crippen LogP contribution in [0.5, 0.6) is 0 Å². The lowest BCUT2D eigenvalue weighted by molar-refractivity contribution is 0.00578. The molecule has 2 heterocycles. The minimum Gasteiger partial charge on any atom is -0.398 e. The van der Waals surface area contributed by atoms with Gasteiger partial charge in [0.1, 0.15) is 5.73 Å². The van der Waals surface area contributed by atoms with E-state index in [0.29, 0.717) is 0 Å². The molecule has 1 N–H and O–H groups in total. The standard InChI is InChI=1S/C19H22BBrFNO2/c1-17(2)18(3,4)25-20(24-17)15(22)10-19(8-9-19)13-11-23-16-12(13)6-5-7-14(16)21/h5-7,10-11,23H,8-9H2,1-4H3. The Hall–Kier alpha value is -1.11. The van der Waals surface area contributed by atoms with Crippen LogP contribution in [0, 0.1) is 0 Å². The van der Waals surface area contributed by atoms with Crippen LogP contribution in [0.15, 0.2) is 40.7 Å². The van der Waals surface area contributed by atoms with Crippen LogP contribution in [0.25, 0.3) is 10.9 Å². The highest BCUT2D eigenvalue weighted by Gasteiger charge is 2.54. The van der Waals surface area contributed by atoms with E-state index in [4.69, 9.17) is 9.31 Å². The van der Waals surface area contributed by atoms with E-state index in [-0.39, 0.29) is 11.1 Å². The summed E-state index contributed by atoms with van der Waals surface area (Å²) >= 11 is 3.57. The number of fused-ring (bicyclic) bond motifs is 1. The van der Waals surface area contributed by atoms with Gasteiger partial charge in [-0.05, 0) is 74.2 Å². The van der Waals surface area contributed by atoms with Gasteiger partial charge in [0.15, 0.2) is 0 Å². The fraction of sp³-hybridized carbons (Fsp3) is 0.474. The Bertz CT molecular complexity index is 853. The summed E-state index contributed by atoms with van der Waals surface area (Å²) in [5, 5.41) is 1.13. The van der Waals surface area contributed by atoms with Crippen LogP contribution in [0.1, 0.15) is 46.1 Å². The second kappa shape index (κ2) is 5.45. The molecule has 0 bridgehead atoms. The van der Waals surface area contributed by atoms with Crippen molar-refractivity contribution < 1.29 is 13.7 Å². The van der Waals surface area contributed by atoms with Gasteiger partial charge < -0.3 is 14.3 Å². The van der Waals surface area contributed by atoms with Gasteiger partial charge in [0, 0.05) is 21.5 Å². The molecular weight excluding hydrogens is 384 g/mol. The highest BCUT2D eigenvalue weighted by molar-refractivity contribution is 9.10. The molecule has 3 nitrogen and oxygen atoms in total. The normalized spacial score (nSPS) is 24.1. The molecule has 0 amide bonds. The molecule has 1 aromatic heterocycles. The van der Waals surface area contributed by atoms with E-state index in [9.17, 15) is 4.39 Å². The molecule has 2 aromatic rings. The van der Waals surface area contributed by atoms with Crippen LogP contribution in [0.2, 0.25) is 0 Å². The van der Waals surface area contributed by atoms with Crippen molar-refractivity contribution in [2.75, 3.05) is 0 Å². The van der Waals surface area contributed by atoms with Crippen LogP contribution in [-0.4, -0.2) is 23.3 Å². The van der Waals surface area contributed by atoms with E-state index < -0.39 is 18.3 Å². The van der Waals surface area contributed by atoms with Gasteiger partial charge in [-0.1, -0.05) is 12.1 Å². The third kappa shape index (κ3) is 2.70. The van der Waals surface area contributed by atoms with Gasteiger partial charge in [-0.3, -0.25) is 0 Å². The number of allylic oxidation sites excluding steroid dienone is 1. The molecule has 25 heavy (non-hydrogen) atoms. The molecule has 2 fully saturated rings. The van der Waals surface area contributed by atoms with E-state index in [0.717, 1.165) is 33.8 Å². The number of rotatable bonds is 3. The lowest BCUT2D eigenvalue weighted by Crippen LogP contribution is -2.41. The second-order valence-corrected chi connectivity index (χ2v) is 8.99. The Kier molecular flexibility index (Phi) is 3.77. The first-order valence-electron chi connectivity index (χ1n) is 8.65. The summed E-state index contributed by atoms with van der Waals surface area (Å²) in [6.45, 7) is 7.74. The van der Waals surface area contributed by atoms with Crippen LogP contribution in [-0.2, 0) is 14.7 Å². The average molecular weight is 406 g/mol. The molecule has 1 saturated heterocycles. The molecule has 0 radical (unpaired) electrons. The van der Waals surface area contributed by atoms with Crippen molar-refractivity contribution in [1.82, 2.24) is 4.98 Å². The summed E-state index contributed by atoms with van der Waals surface area (Å²) in [5.41, 5.74) is 0.507. The SMILES string of the molecule is CC1(C)OB(C(F)=CC2(c3c[nH]c4c(Br)cccc34)CC2)OC1(C)C. The highest BCUT2D eigenvalue weighted by Crippen LogP contribution is 2.53. The van der Waals surface area contributed by atoms with Crippen molar-refractivity contribution in [2.24, 2.45) is 0 Å². The topological polar surface area (TPSA) is 34.2 Å². The maximum atomic E-state index is 15.0. The largest absolute Gasteiger partial charge is 0.524 e. The summed E-state index contributed by atoms with van der Waals surface area (Å²) in [4.78, 5) is 3.31. The third-order valence-electron chi connectivity index (χ3n) is 5.88. The average Bonchev–Trinajstić information content (AvgIpc) is 3.07. The van der Waals surface area contributed by atoms with Crippen molar-refractivity contribution in [3.8, 4) is 0 Å². The molecule has 1 aliphatic heterocycles. The van der Waals surface area contributed by atoms with E-state index in [1.807, 2.05) is 46.0 Å². The molecule has 132 valence electrons. The van der Waals surface area contributed by atoms with Crippen LogP contribution in [0.4, 0.5) is 4.39 Å². The van der Waals surface area contributed by atoms with E-state index in [2.05, 4.69) is 27.0 Å². The zero-order valence-electron chi connectivity index (χ0n) is 15.0. The van der Waals surface area contributed by atoms with E-state index in [1.165, 1.54) is 0 Å². The molecule has 1 aliphatic carbocycles. The van der Waals surface area contributed by atoms with E-state index in [1.54, 1.807) is 6.08 Å². The van der Waals surface area contributed by atoms with E-state index >= 15 is 0 Å². The lowest BCUT2D eigenvalue weighted by Gasteiger charge is -2.32. The summed E-state index contributed by atoms with van der Waals surface area (Å²) in [6.07, 6.45) is 5.56. The number of benzene rings is 1. The predicted octanol–water partition coefficient (Wildman–Crippen LogP) is 5.45. The highest BCUT2D eigenvalue weighted by atomic mass is 79.9. The smallest absolute Gasteiger partial charge is 0.398 e. The third-order valence-corrected chi connectivity index (χ3v) is 6.54.